The fourth-order valence-electron chi connectivity index (χ4n) is 10.7. The molecule has 0 saturated carbocycles. The van der Waals surface area contributed by atoms with Crippen molar-refractivity contribution in [3.8, 4) is 44.5 Å². The number of likely N-dealkylation sites (N-methyl/N-ethyl adjacent to an activating group) is 4. The summed E-state index contributed by atoms with van der Waals surface area (Å²) in [7, 11) is 8.66. The van der Waals surface area contributed by atoms with E-state index in [4.69, 9.17) is 9.97 Å². The number of hydrogen-bond acceptors (Lipinski definition) is 8. The van der Waals surface area contributed by atoms with Crippen molar-refractivity contribution in [2.75, 3.05) is 74.0 Å². The number of benzene rings is 4. The second-order valence-electron chi connectivity index (χ2n) is 18.5. The third kappa shape index (κ3) is 7.37. The number of anilines is 4. The highest BCUT2D eigenvalue weighted by Gasteiger charge is 2.23. The highest BCUT2D eigenvalue weighted by atomic mass is 35.5. The fourth-order valence-corrected chi connectivity index (χ4v) is 13.0. The Morgan fingerprint density at radius 3 is 0.826 bits per heavy atom. The Hall–Kier alpha value is -7.23. The lowest BCUT2D eigenvalue weighted by Gasteiger charge is -2.24. The normalized spacial score (nSPS) is 15.0. The molecule has 0 amide bonds. The average molecular weight is 954 g/mol. The first-order valence-electron chi connectivity index (χ1n) is 23.4. The maximum Gasteiger partial charge on any atom is 0.0730 e. The molecule has 0 radical (unpaired) electrons. The molecule has 0 spiro atoms. The second-order valence-corrected chi connectivity index (χ2v) is 20.7. The minimum Gasteiger partial charge on any atom is -0.370 e. The minimum absolute atomic E-state index is 0. The van der Waals surface area contributed by atoms with Crippen LogP contribution < -0.4 is 19.6 Å². The van der Waals surface area contributed by atoms with Gasteiger partial charge in [-0.25, -0.2) is 9.97 Å². The maximum atomic E-state index is 5.69. The van der Waals surface area contributed by atoms with Crippen LogP contribution in [0.15, 0.2) is 121 Å². The first-order valence-corrected chi connectivity index (χ1v) is 25.0. The van der Waals surface area contributed by atoms with Gasteiger partial charge in [0.15, 0.2) is 0 Å². The summed E-state index contributed by atoms with van der Waals surface area (Å²) in [4.78, 5) is 20.6. The molecular weight excluding hydrogens is 904 g/mol. The summed E-state index contributed by atoms with van der Waals surface area (Å²) in [5.74, 6) is 0. The molecule has 3 aromatic heterocycles. The summed E-state index contributed by atoms with van der Waals surface area (Å²) in [5, 5.41) is 0. The summed E-state index contributed by atoms with van der Waals surface area (Å²) in [6, 6.07) is 36.8. The Labute approximate surface area is 417 Å². The highest BCUT2D eigenvalue weighted by molar-refractivity contribution is 7.24. The zero-order valence-corrected chi connectivity index (χ0v) is 41.4. The van der Waals surface area contributed by atoms with E-state index >= 15 is 0 Å². The van der Waals surface area contributed by atoms with E-state index in [0.29, 0.717) is 0 Å². The van der Waals surface area contributed by atoms with Gasteiger partial charge < -0.3 is 19.6 Å². The molecular formula is C60H49ClN6S2. The van der Waals surface area contributed by atoms with Crippen molar-refractivity contribution in [2.45, 2.75) is 0 Å². The fraction of sp³-hybridized carbons (Fsp3) is 0.133. The third-order valence-corrected chi connectivity index (χ3v) is 16.4. The molecule has 0 fully saturated rings. The van der Waals surface area contributed by atoms with Crippen molar-refractivity contribution >= 4 is 125 Å². The van der Waals surface area contributed by atoms with Crippen molar-refractivity contribution in [1.82, 2.24) is 9.97 Å². The lowest BCUT2D eigenvalue weighted by atomic mass is 9.98. The van der Waals surface area contributed by atoms with Gasteiger partial charge in [-0.3, -0.25) is 0 Å². The molecule has 6 nitrogen and oxygen atoms in total. The topological polar surface area (TPSA) is 38.7 Å². The van der Waals surface area contributed by atoms with Gasteiger partial charge in [0.25, 0.3) is 0 Å². The molecule has 0 atom stereocenters. The highest BCUT2D eigenvalue weighted by Crippen LogP contribution is 2.46. The molecule has 69 heavy (non-hydrogen) atoms. The number of halogens is 1. The van der Waals surface area contributed by atoms with E-state index in [1.807, 2.05) is 22.7 Å². The Morgan fingerprint density at radius 1 is 0.333 bits per heavy atom. The summed E-state index contributed by atoms with van der Waals surface area (Å²) >= 11 is 3.64. The van der Waals surface area contributed by atoms with Crippen LogP contribution in [0.2, 0.25) is 0 Å². The van der Waals surface area contributed by atoms with Gasteiger partial charge in [-0.1, -0.05) is 72.9 Å². The van der Waals surface area contributed by atoms with Crippen molar-refractivity contribution in [3.63, 3.8) is 0 Å². The van der Waals surface area contributed by atoms with E-state index in [1.165, 1.54) is 45.0 Å². The van der Waals surface area contributed by atoms with E-state index in [0.717, 1.165) is 112 Å². The van der Waals surface area contributed by atoms with Gasteiger partial charge in [0, 0.05) is 118 Å². The van der Waals surface area contributed by atoms with Crippen LogP contribution in [-0.2, 0) is 0 Å². The van der Waals surface area contributed by atoms with Crippen LogP contribution in [0.4, 0.5) is 22.7 Å². The lowest BCUT2D eigenvalue weighted by Crippen LogP contribution is -2.20. The lowest BCUT2D eigenvalue weighted by molar-refractivity contribution is 1.02. The molecule has 13 rings (SSSR count). The van der Waals surface area contributed by atoms with Gasteiger partial charge in [0.05, 0.1) is 22.8 Å². The smallest absolute Gasteiger partial charge is 0.0730 e. The molecule has 4 aromatic carbocycles. The standard InChI is InChI=1S/C60H48N6S2.ClH/c1-63-29-5-9-37-33-41(13-21-49(37)63)57-45-17-18-46(61-45)58(42-14-22-50-38(34-42)10-6-30-64(50)2)55-27-28-56(68-55)60(44-16-24-52-40(36-44)12-8-32-66(52)4)48-20-19-47(62-48)59(54-26-25-53(57)67-54)43-15-23-51-39(35-43)11-7-31-65(51)3;/h5-28,33-36H,29-32H2,1-4H3;1H. The van der Waals surface area contributed by atoms with Crippen LogP contribution in [0.1, 0.15) is 45.0 Å². The summed E-state index contributed by atoms with van der Waals surface area (Å²) in [6.07, 6.45) is 27.0. The van der Waals surface area contributed by atoms with E-state index in [2.05, 4.69) is 218 Å². The second kappa shape index (κ2) is 17.1. The predicted molar refractivity (Wildman–Crippen MR) is 304 cm³/mol. The zero-order chi connectivity index (χ0) is 45.6. The first-order chi connectivity index (χ1) is 33.3. The molecule has 6 aliphatic rings. The zero-order valence-electron chi connectivity index (χ0n) is 38.9. The minimum atomic E-state index is 0. The van der Waals surface area contributed by atoms with Crippen molar-refractivity contribution in [2.24, 2.45) is 0 Å². The quantitative estimate of drug-likeness (QED) is 0.175. The number of aromatic nitrogens is 2. The van der Waals surface area contributed by atoms with E-state index in [-0.39, 0.29) is 12.4 Å². The van der Waals surface area contributed by atoms with Gasteiger partial charge in [-0.15, -0.1) is 35.1 Å². The molecule has 8 bridgehead atoms. The van der Waals surface area contributed by atoms with Crippen LogP contribution in [-0.4, -0.2) is 64.3 Å². The van der Waals surface area contributed by atoms with Crippen molar-refractivity contribution in [3.05, 3.63) is 166 Å². The third-order valence-electron chi connectivity index (χ3n) is 14.1. The molecule has 9 heteroatoms. The maximum absolute atomic E-state index is 5.69. The van der Waals surface area contributed by atoms with Crippen LogP contribution in [0.5, 0.6) is 0 Å². The number of thiophene rings is 2. The monoisotopic (exact) mass is 952 g/mol. The number of fused-ring (bicyclic) bond motifs is 12. The largest absolute Gasteiger partial charge is 0.370 e. The molecule has 0 saturated heterocycles. The molecule has 6 aliphatic heterocycles. The van der Waals surface area contributed by atoms with Crippen LogP contribution in [0, 0.1) is 0 Å². The van der Waals surface area contributed by atoms with Gasteiger partial charge >= 0.3 is 0 Å². The Balaban J connectivity index is 0.00000492. The SMILES string of the molecule is CN1CC=Cc2cc(-c3c4nc(c(-c5ccc6c(c5)C=CCN6C)c5ccc(s5)c(-c5ccc6c(c5)C=CCN6C)c5nc(c(-c6ccc7c(c6)C=CCN7C)c6ccc3s6)C=C5)C=C4)ccc21.Cl. The van der Waals surface area contributed by atoms with Crippen molar-refractivity contribution in [1.29, 1.82) is 0 Å². The number of rotatable bonds is 4. The Bertz CT molecular complexity index is 3210. The Morgan fingerprint density at radius 2 is 0.580 bits per heavy atom. The first kappa shape index (κ1) is 43.1. The van der Waals surface area contributed by atoms with E-state index in [9.17, 15) is 0 Å². The molecule has 0 unspecified atom stereocenters. The van der Waals surface area contributed by atoms with Crippen LogP contribution in [0.3, 0.4) is 0 Å². The molecule has 0 N–H and O–H groups in total. The van der Waals surface area contributed by atoms with Gasteiger partial charge in [-0.05, 0) is 142 Å². The van der Waals surface area contributed by atoms with Crippen LogP contribution in [0.25, 0.3) is 112 Å². The molecule has 9 heterocycles. The molecule has 7 aromatic rings. The average Bonchev–Trinajstić information content (AvgIpc) is 4.21. The molecule has 0 aliphatic carbocycles. The summed E-state index contributed by atoms with van der Waals surface area (Å²) < 4.78 is 4.64. The molecule has 338 valence electrons. The van der Waals surface area contributed by atoms with E-state index < -0.39 is 0 Å². The van der Waals surface area contributed by atoms with E-state index in [1.54, 1.807) is 0 Å². The number of hydrogen-bond donors (Lipinski definition) is 0. The van der Waals surface area contributed by atoms with Gasteiger partial charge in [0.1, 0.15) is 0 Å². The van der Waals surface area contributed by atoms with Gasteiger partial charge in [-0.2, -0.15) is 0 Å². The predicted octanol–water partition coefficient (Wildman–Crippen LogP) is 15.1. The van der Waals surface area contributed by atoms with Crippen molar-refractivity contribution < 1.29 is 0 Å². The number of nitrogens with zero attached hydrogens (tertiary/aromatic N) is 6. The summed E-state index contributed by atoms with van der Waals surface area (Å²) in [6.45, 7) is 3.59. The van der Waals surface area contributed by atoms with Gasteiger partial charge in [0.2, 0.25) is 0 Å². The Kier molecular flexibility index (Phi) is 10.7. The summed E-state index contributed by atoms with van der Waals surface area (Å²) in [5.41, 5.74) is 22.7. The van der Waals surface area contributed by atoms with Crippen LogP contribution >= 0.6 is 35.1 Å².